The Morgan fingerprint density at radius 1 is 0.923 bits per heavy atom. The Hall–Kier alpha value is -4.18. The molecular formula is C28H18ClF4N3O3. The maximum Gasteiger partial charge on any atom is 0.416 e. The minimum Gasteiger partial charge on any atom is -0.357 e. The number of carbonyl (C=O) groups excluding carboxylic acids is 3. The van der Waals surface area contributed by atoms with Gasteiger partial charge in [-0.05, 0) is 53.6 Å². The normalized spacial score (nSPS) is 23.5. The van der Waals surface area contributed by atoms with Crippen molar-refractivity contribution in [2.45, 2.75) is 18.3 Å². The number of hydrogen-bond donors (Lipinski definition) is 1. The van der Waals surface area contributed by atoms with E-state index >= 15 is 0 Å². The van der Waals surface area contributed by atoms with Crippen molar-refractivity contribution >= 4 is 46.8 Å². The molecule has 0 saturated carbocycles. The van der Waals surface area contributed by atoms with Crippen molar-refractivity contribution in [3.63, 3.8) is 0 Å². The number of nitrogens with one attached hydrogen (secondary N) is 1. The van der Waals surface area contributed by atoms with Gasteiger partial charge in [-0.3, -0.25) is 14.4 Å². The molecule has 1 N–H and O–H groups in total. The van der Waals surface area contributed by atoms with E-state index in [-0.39, 0.29) is 16.4 Å². The predicted octanol–water partition coefficient (Wildman–Crippen LogP) is 5.65. The second-order valence-corrected chi connectivity index (χ2v) is 9.92. The molecular weight excluding hydrogens is 538 g/mol. The van der Waals surface area contributed by atoms with Gasteiger partial charge >= 0.3 is 6.18 Å². The summed E-state index contributed by atoms with van der Waals surface area (Å²) >= 11 is 5.91. The molecule has 0 radical (unpaired) electrons. The van der Waals surface area contributed by atoms with Crippen molar-refractivity contribution in [1.82, 2.24) is 4.90 Å². The van der Waals surface area contributed by atoms with Crippen molar-refractivity contribution in [3.8, 4) is 0 Å². The molecule has 2 fully saturated rings. The molecule has 3 aliphatic rings. The van der Waals surface area contributed by atoms with Gasteiger partial charge in [-0.1, -0.05) is 41.9 Å². The third kappa shape index (κ3) is 3.97. The van der Waals surface area contributed by atoms with Crippen LogP contribution >= 0.6 is 11.6 Å². The lowest BCUT2D eigenvalue weighted by Gasteiger charge is -2.35. The summed E-state index contributed by atoms with van der Waals surface area (Å²) < 4.78 is 53.6. The zero-order valence-corrected chi connectivity index (χ0v) is 20.6. The lowest BCUT2D eigenvalue weighted by atomic mass is 9.84. The lowest BCUT2D eigenvalue weighted by Crippen LogP contribution is -2.46. The molecule has 3 heterocycles. The van der Waals surface area contributed by atoms with E-state index in [1.165, 1.54) is 18.2 Å². The zero-order chi connectivity index (χ0) is 27.6. The number of nitrogens with zero attached hydrogens (tertiary/aromatic N) is 2. The molecule has 6 nitrogen and oxygen atoms in total. The van der Waals surface area contributed by atoms with E-state index in [9.17, 15) is 31.9 Å². The van der Waals surface area contributed by atoms with Gasteiger partial charge in [0.2, 0.25) is 17.7 Å². The summed E-state index contributed by atoms with van der Waals surface area (Å²) in [6.07, 6.45) is -1.24. The number of rotatable bonds is 3. The number of fused-ring (bicyclic) bond motifs is 5. The summed E-state index contributed by atoms with van der Waals surface area (Å²) in [5.41, 5.74) is 0.550. The van der Waals surface area contributed by atoms with Crippen molar-refractivity contribution in [2.75, 3.05) is 10.2 Å². The van der Waals surface area contributed by atoms with Gasteiger partial charge in [-0.15, -0.1) is 0 Å². The number of amides is 3. The molecule has 3 aromatic carbocycles. The maximum absolute atomic E-state index is 13.8. The van der Waals surface area contributed by atoms with E-state index in [0.29, 0.717) is 0 Å². The number of anilines is 2. The maximum atomic E-state index is 13.8. The van der Waals surface area contributed by atoms with E-state index in [0.717, 1.165) is 40.3 Å². The first kappa shape index (κ1) is 25.1. The van der Waals surface area contributed by atoms with E-state index in [1.54, 1.807) is 29.3 Å². The Balaban J connectivity index is 1.42. The highest BCUT2D eigenvalue weighted by Crippen LogP contribution is 2.53. The third-order valence-corrected chi connectivity index (χ3v) is 7.64. The molecule has 2 saturated heterocycles. The number of halogens is 5. The van der Waals surface area contributed by atoms with Crippen LogP contribution in [0.1, 0.15) is 22.7 Å². The number of carbonyl (C=O) groups is 3. The molecule has 3 aromatic rings. The first-order chi connectivity index (χ1) is 18.6. The van der Waals surface area contributed by atoms with Crippen molar-refractivity contribution in [1.29, 1.82) is 0 Å². The summed E-state index contributed by atoms with van der Waals surface area (Å²) in [4.78, 5) is 43.8. The van der Waals surface area contributed by atoms with Crippen molar-refractivity contribution in [3.05, 3.63) is 100 Å². The fourth-order valence-corrected chi connectivity index (χ4v) is 5.90. The van der Waals surface area contributed by atoms with Crippen LogP contribution in [0, 0.1) is 17.7 Å². The molecule has 198 valence electrons. The molecule has 11 heteroatoms. The van der Waals surface area contributed by atoms with Crippen molar-refractivity contribution < 1.29 is 31.9 Å². The van der Waals surface area contributed by atoms with E-state index in [1.807, 2.05) is 12.1 Å². The van der Waals surface area contributed by atoms with Crippen LogP contribution in [0.5, 0.6) is 0 Å². The molecule has 39 heavy (non-hydrogen) atoms. The van der Waals surface area contributed by atoms with Crippen LogP contribution in [0.3, 0.4) is 0 Å². The summed E-state index contributed by atoms with van der Waals surface area (Å²) in [6, 6.07) is 13.0. The Morgan fingerprint density at radius 3 is 2.41 bits per heavy atom. The first-order valence-electron chi connectivity index (χ1n) is 11.9. The van der Waals surface area contributed by atoms with Gasteiger partial charge in [0.15, 0.2) is 0 Å². The Kier molecular flexibility index (Phi) is 5.76. The number of imide groups is 1. The monoisotopic (exact) mass is 555 g/mol. The third-order valence-electron chi connectivity index (χ3n) is 7.35. The minimum atomic E-state index is -4.62. The molecule has 0 bridgehead atoms. The highest BCUT2D eigenvalue weighted by atomic mass is 35.5. The Morgan fingerprint density at radius 2 is 1.67 bits per heavy atom. The Labute approximate surface area is 224 Å². The van der Waals surface area contributed by atoms with Crippen LogP contribution in [-0.4, -0.2) is 28.7 Å². The molecule has 3 amide bonds. The smallest absolute Gasteiger partial charge is 0.357 e. The Bertz CT molecular complexity index is 1570. The van der Waals surface area contributed by atoms with Crippen LogP contribution in [0.2, 0.25) is 5.02 Å². The fraction of sp³-hybridized carbons (Fsp3) is 0.179. The molecule has 0 aromatic heterocycles. The van der Waals surface area contributed by atoms with E-state index in [4.69, 9.17) is 11.6 Å². The number of benzene rings is 3. The van der Waals surface area contributed by atoms with Gasteiger partial charge in [0.05, 0.1) is 34.2 Å². The van der Waals surface area contributed by atoms with E-state index < -0.39 is 59.2 Å². The average Bonchev–Trinajstić information content (AvgIpc) is 3.38. The molecule has 3 aliphatic heterocycles. The average molecular weight is 556 g/mol. The molecule has 0 spiro atoms. The molecule has 4 atom stereocenters. The van der Waals surface area contributed by atoms with Gasteiger partial charge in [0.25, 0.3) is 0 Å². The number of hydrogen-bond acceptors (Lipinski definition) is 4. The van der Waals surface area contributed by atoms with E-state index in [2.05, 4.69) is 5.32 Å². The molecule has 6 rings (SSSR count). The van der Waals surface area contributed by atoms with Gasteiger partial charge < -0.3 is 10.2 Å². The standard InChI is InChI=1S/C28H18ClF4N3O3/c29-19-13-17(8-9-20(19)30)36-26(38)21-22(27(36)39)24(35-11-10-14-4-1-2-7-18(14)23(21)35)25(37)34-16-6-3-5-15(12-16)28(31,32)33/h1-13,21-24H,(H,34,37)/t21-,22-,23+,24+/m0/s1. The predicted molar refractivity (Wildman–Crippen MR) is 135 cm³/mol. The zero-order valence-electron chi connectivity index (χ0n) is 19.8. The topological polar surface area (TPSA) is 69.7 Å². The highest BCUT2D eigenvalue weighted by molar-refractivity contribution is 6.31. The number of alkyl halides is 3. The van der Waals surface area contributed by atoms with Gasteiger partial charge in [-0.25, -0.2) is 9.29 Å². The second-order valence-electron chi connectivity index (χ2n) is 9.51. The van der Waals surface area contributed by atoms with Crippen LogP contribution in [0.25, 0.3) is 6.08 Å². The fourth-order valence-electron chi connectivity index (χ4n) is 5.73. The van der Waals surface area contributed by atoms with Gasteiger partial charge in [0.1, 0.15) is 11.9 Å². The SMILES string of the molecule is O=C(Nc1cccc(C(F)(F)F)c1)[C@H]1[C@H]2C(=O)N(c3ccc(F)c(Cl)c3)C(=O)[C@@H]2[C@H]2c3ccccc3C=CN21. The van der Waals surface area contributed by atoms with Gasteiger partial charge in [-0.2, -0.15) is 13.2 Å². The highest BCUT2D eigenvalue weighted by Gasteiger charge is 2.64. The van der Waals surface area contributed by atoms with Crippen LogP contribution in [0.15, 0.2) is 72.9 Å². The van der Waals surface area contributed by atoms with Gasteiger partial charge in [0, 0.05) is 11.9 Å². The van der Waals surface area contributed by atoms with Crippen LogP contribution in [-0.2, 0) is 20.6 Å². The summed E-state index contributed by atoms with van der Waals surface area (Å²) in [5, 5.41) is 2.22. The lowest BCUT2D eigenvalue weighted by molar-refractivity contribution is -0.137. The van der Waals surface area contributed by atoms with Crippen LogP contribution in [0.4, 0.5) is 28.9 Å². The molecule has 0 unspecified atom stereocenters. The minimum absolute atomic E-state index is 0.0639. The second kappa shape index (κ2) is 8.94. The largest absolute Gasteiger partial charge is 0.416 e. The summed E-state index contributed by atoms with van der Waals surface area (Å²) in [5.74, 6) is -4.87. The first-order valence-corrected chi connectivity index (χ1v) is 12.3. The van der Waals surface area contributed by atoms with Crippen molar-refractivity contribution in [2.24, 2.45) is 11.8 Å². The molecule has 0 aliphatic carbocycles. The quantitative estimate of drug-likeness (QED) is 0.335. The van der Waals surface area contributed by atoms with Crippen LogP contribution < -0.4 is 10.2 Å². The summed E-state index contributed by atoms with van der Waals surface area (Å²) in [6.45, 7) is 0. The summed E-state index contributed by atoms with van der Waals surface area (Å²) in [7, 11) is 0.